The summed E-state index contributed by atoms with van der Waals surface area (Å²) in [6.45, 7) is 3.89. The van der Waals surface area contributed by atoms with Gasteiger partial charge in [-0.3, -0.25) is 0 Å². The third-order valence-electron chi connectivity index (χ3n) is 2.65. The highest BCUT2D eigenvalue weighted by Gasteiger charge is 2.39. The van der Waals surface area contributed by atoms with Crippen LogP contribution in [0.5, 0.6) is 0 Å². The summed E-state index contributed by atoms with van der Waals surface area (Å²) < 4.78 is 29.8. The molecule has 0 unspecified atom stereocenters. The molecule has 3 nitrogen and oxygen atoms in total. The van der Waals surface area contributed by atoms with Crippen molar-refractivity contribution in [1.29, 1.82) is 0 Å². The molecule has 0 atom stereocenters. The Hall–Kier alpha value is -0.753. The van der Waals surface area contributed by atoms with E-state index in [-0.39, 0.29) is 11.9 Å². The summed E-state index contributed by atoms with van der Waals surface area (Å²) in [5, 5.41) is 0. The van der Waals surface area contributed by atoms with Gasteiger partial charge in [-0.15, -0.1) is 0 Å². The molecule has 1 rings (SSSR count). The maximum atomic E-state index is 13.1. The van der Waals surface area contributed by atoms with Crippen LogP contribution in [0.1, 0.15) is 19.4 Å². The molecule has 0 N–H and O–H groups in total. The maximum Gasteiger partial charge on any atom is 0.500 e. The molecule has 0 saturated heterocycles. The second kappa shape index (κ2) is 6.99. The molecule has 0 aliphatic carbocycles. The van der Waals surface area contributed by atoms with Crippen molar-refractivity contribution in [2.24, 2.45) is 0 Å². The van der Waals surface area contributed by atoms with Crippen molar-refractivity contribution >= 4 is 8.80 Å². The van der Waals surface area contributed by atoms with Crippen LogP contribution in [0.25, 0.3) is 0 Å². The van der Waals surface area contributed by atoms with Crippen molar-refractivity contribution in [3.05, 3.63) is 35.6 Å². The molecule has 0 heterocycles. The van der Waals surface area contributed by atoms with E-state index in [1.54, 1.807) is 20.3 Å². The summed E-state index contributed by atoms with van der Waals surface area (Å²) >= 11 is 0. The second-order valence-corrected chi connectivity index (χ2v) is 7.31. The zero-order chi connectivity index (χ0) is 13.6. The monoisotopic (exact) mass is 272 g/mol. The van der Waals surface area contributed by atoms with Crippen LogP contribution < -0.4 is 0 Å². The summed E-state index contributed by atoms with van der Waals surface area (Å²) in [6, 6.07) is 7.20. The van der Waals surface area contributed by atoms with E-state index < -0.39 is 8.80 Å². The number of hydrogen-bond donors (Lipinski definition) is 0. The first-order valence-corrected chi connectivity index (χ1v) is 7.97. The predicted molar refractivity (Wildman–Crippen MR) is 70.9 cm³/mol. The van der Waals surface area contributed by atoms with Crippen molar-refractivity contribution in [3.8, 4) is 0 Å². The number of hydrogen-bond acceptors (Lipinski definition) is 3. The standard InChI is InChI=1S/C13H21FO3Si/c1-11(2)17-18(15-3,16-4)9-8-12-6-5-7-13(14)10-12/h5-7,10-11H,8-9H2,1-4H3. The molecule has 0 saturated carbocycles. The van der Waals surface area contributed by atoms with Crippen molar-refractivity contribution in [3.63, 3.8) is 0 Å². The van der Waals surface area contributed by atoms with E-state index in [0.717, 1.165) is 5.56 Å². The van der Waals surface area contributed by atoms with Gasteiger partial charge in [-0.2, -0.15) is 0 Å². The Bertz CT molecular complexity index is 367. The molecule has 1 aromatic carbocycles. The fraction of sp³-hybridized carbons (Fsp3) is 0.538. The zero-order valence-corrected chi connectivity index (χ0v) is 12.4. The number of rotatable bonds is 7. The average Bonchev–Trinajstić information content (AvgIpc) is 2.34. The summed E-state index contributed by atoms with van der Waals surface area (Å²) in [7, 11) is 0.573. The molecule has 0 amide bonds. The molecule has 102 valence electrons. The predicted octanol–water partition coefficient (Wildman–Crippen LogP) is 3.02. The number of aryl methyl sites for hydroxylation is 1. The molecular formula is C13H21FO3Si. The van der Waals surface area contributed by atoms with Crippen LogP contribution in [0.3, 0.4) is 0 Å². The summed E-state index contributed by atoms with van der Waals surface area (Å²) in [5.74, 6) is -0.223. The third-order valence-corrected chi connectivity index (χ3v) is 5.58. The van der Waals surface area contributed by atoms with Gasteiger partial charge in [0.05, 0.1) is 0 Å². The Balaban J connectivity index is 2.67. The van der Waals surface area contributed by atoms with Gasteiger partial charge in [0.25, 0.3) is 0 Å². The molecule has 0 fully saturated rings. The van der Waals surface area contributed by atoms with Crippen LogP contribution in [0.2, 0.25) is 6.04 Å². The van der Waals surface area contributed by atoms with Crippen LogP contribution in [-0.2, 0) is 19.7 Å². The molecule has 0 aliphatic rings. The lowest BCUT2D eigenvalue weighted by Crippen LogP contribution is -2.46. The van der Waals surface area contributed by atoms with Gasteiger partial charge in [0.1, 0.15) is 5.82 Å². The van der Waals surface area contributed by atoms with E-state index in [2.05, 4.69) is 0 Å². The van der Waals surface area contributed by atoms with Crippen molar-refractivity contribution in [2.45, 2.75) is 32.4 Å². The Morgan fingerprint density at radius 2 is 1.89 bits per heavy atom. The first kappa shape index (κ1) is 15.3. The van der Waals surface area contributed by atoms with E-state index in [1.807, 2.05) is 19.9 Å². The third kappa shape index (κ3) is 4.49. The van der Waals surface area contributed by atoms with Crippen LogP contribution in [0.4, 0.5) is 4.39 Å². The van der Waals surface area contributed by atoms with Gasteiger partial charge in [-0.05, 0) is 38.0 Å². The lowest BCUT2D eigenvalue weighted by Gasteiger charge is -2.28. The van der Waals surface area contributed by atoms with Crippen molar-refractivity contribution in [1.82, 2.24) is 0 Å². The molecule has 0 radical (unpaired) electrons. The smallest absolute Gasteiger partial charge is 0.377 e. The van der Waals surface area contributed by atoms with E-state index in [4.69, 9.17) is 13.3 Å². The molecule has 0 aromatic heterocycles. The van der Waals surface area contributed by atoms with Crippen molar-refractivity contribution in [2.75, 3.05) is 14.2 Å². The first-order chi connectivity index (χ1) is 8.51. The first-order valence-electron chi connectivity index (χ1n) is 6.04. The molecule has 0 aliphatic heterocycles. The van der Waals surface area contributed by atoms with E-state index in [9.17, 15) is 4.39 Å². The van der Waals surface area contributed by atoms with E-state index in [1.165, 1.54) is 12.1 Å². The van der Waals surface area contributed by atoms with Gasteiger partial charge < -0.3 is 13.3 Å². The van der Waals surface area contributed by atoms with Crippen LogP contribution in [0, 0.1) is 5.82 Å². The quantitative estimate of drug-likeness (QED) is 0.714. The normalized spacial score (nSPS) is 12.1. The van der Waals surface area contributed by atoms with Gasteiger partial charge >= 0.3 is 8.80 Å². The highest BCUT2D eigenvalue weighted by molar-refractivity contribution is 6.60. The second-order valence-electron chi connectivity index (χ2n) is 4.39. The topological polar surface area (TPSA) is 27.7 Å². The minimum atomic E-state index is -2.63. The average molecular weight is 272 g/mol. The Morgan fingerprint density at radius 1 is 1.22 bits per heavy atom. The lowest BCUT2D eigenvalue weighted by molar-refractivity contribution is 0.0700. The Kier molecular flexibility index (Phi) is 5.94. The molecule has 0 spiro atoms. The van der Waals surface area contributed by atoms with Gasteiger partial charge in [0.2, 0.25) is 0 Å². The maximum absolute atomic E-state index is 13.1. The fourth-order valence-electron chi connectivity index (χ4n) is 1.79. The van der Waals surface area contributed by atoms with E-state index in [0.29, 0.717) is 12.5 Å². The van der Waals surface area contributed by atoms with Crippen LogP contribution in [-0.4, -0.2) is 29.1 Å². The lowest BCUT2D eigenvalue weighted by atomic mass is 10.2. The SMILES string of the molecule is CO[Si](CCc1cccc(F)c1)(OC)OC(C)C. The highest BCUT2D eigenvalue weighted by atomic mass is 28.4. The van der Waals surface area contributed by atoms with Crippen LogP contribution in [0.15, 0.2) is 24.3 Å². The zero-order valence-electron chi connectivity index (χ0n) is 11.4. The molecule has 18 heavy (non-hydrogen) atoms. The van der Waals surface area contributed by atoms with Gasteiger partial charge in [0.15, 0.2) is 0 Å². The molecule has 5 heteroatoms. The number of benzene rings is 1. The Labute approximate surface area is 109 Å². The fourth-order valence-corrected chi connectivity index (χ4v) is 3.99. The minimum Gasteiger partial charge on any atom is -0.377 e. The molecule has 0 bridgehead atoms. The van der Waals surface area contributed by atoms with E-state index >= 15 is 0 Å². The minimum absolute atomic E-state index is 0.0454. The van der Waals surface area contributed by atoms with Gasteiger partial charge in [0, 0.05) is 26.4 Å². The Morgan fingerprint density at radius 3 is 2.39 bits per heavy atom. The van der Waals surface area contributed by atoms with Gasteiger partial charge in [-0.1, -0.05) is 12.1 Å². The summed E-state index contributed by atoms with van der Waals surface area (Å²) in [6.07, 6.45) is 0.724. The van der Waals surface area contributed by atoms with Crippen molar-refractivity contribution < 1.29 is 17.7 Å². The summed E-state index contributed by atoms with van der Waals surface area (Å²) in [4.78, 5) is 0. The molecule has 1 aromatic rings. The number of halogens is 1. The highest BCUT2D eigenvalue weighted by Crippen LogP contribution is 2.19. The van der Waals surface area contributed by atoms with Crippen LogP contribution >= 0.6 is 0 Å². The molecular weight excluding hydrogens is 251 g/mol. The largest absolute Gasteiger partial charge is 0.500 e. The van der Waals surface area contributed by atoms with Gasteiger partial charge in [-0.25, -0.2) is 4.39 Å². The summed E-state index contributed by atoms with van der Waals surface area (Å²) in [5.41, 5.74) is 0.924.